The second kappa shape index (κ2) is 5.41. The summed E-state index contributed by atoms with van der Waals surface area (Å²) in [6.07, 6.45) is 1.49. The maximum Gasteiger partial charge on any atom is 0.231 e. The lowest BCUT2D eigenvalue weighted by atomic mass is 9.93. The maximum absolute atomic E-state index is 10.2. The molecular formula is C14H18ClNO4. The molecule has 0 saturated carbocycles. The zero-order valence-electron chi connectivity index (χ0n) is 11.1. The molecule has 1 atom stereocenters. The predicted octanol–water partition coefficient (Wildman–Crippen LogP) is 1.39. The van der Waals surface area contributed by atoms with E-state index in [1.54, 1.807) is 6.07 Å². The quantitative estimate of drug-likeness (QED) is 0.883. The van der Waals surface area contributed by atoms with Crippen molar-refractivity contribution in [3.05, 3.63) is 22.7 Å². The fourth-order valence-corrected chi connectivity index (χ4v) is 3.00. The van der Waals surface area contributed by atoms with Crippen molar-refractivity contribution in [1.29, 1.82) is 0 Å². The first kappa shape index (κ1) is 13.9. The number of aliphatic hydroxyl groups excluding tert-OH is 1. The number of hydrogen-bond acceptors (Lipinski definition) is 5. The Kier molecular flexibility index (Phi) is 3.77. The fraction of sp³-hybridized carbons (Fsp3) is 0.571. The lowest BCUT2D eigenvalue weighted by Crippen LogP contribution is -2.50. The molecule has 0 bridgehead atoms. The number of fused-ring (bicyclic) bond motifs is 1. The molecule has 2 aliphatic heterocycles. The Balaban J connectivity index is 1.74. The molecule has 20 heavy (non-hydrogen) atoms. The Morgan fingerprint density at radius 3 is 2.80 bits per heavy atom. The van der Waals surface area contributed by atoms with Gasteiger partial charge in [-0.3, -0.25) is 4.90 Å². The van der Waals surface area contributed by atoms with Crippen molar-refractivity contribution in [2.75, 3.05) is 26.5 Å². The third kappa shape index (κ3) is 2.72. The number of aliphatic hydroxyl groups is 2. The Bertz CT molecular complexity index is 510. The highest BCUT2D eigenvalue weighted by Gasteiger charge is 2.32. The highest BCUT2D eigenvalue weighted by Crippen LogP contribution is 2.37. The van der Waals surface area contributed by atoms with Crippen molar-refractivity contribution in [2.24, 2.45) is 0 Å². The molecule has 2 N–H and O–H groups in total. The lowest BCUT2D eigenvalue weighted by Gasteiger charge is -2.38. The van der Waals surface area contributed by atoms with Crippen LogP contribution in [0.3, 0.4) is 0 Å². The molecule has 0 amide bonds. The van der Waals surface area contributed by atoms with Gasteiger partial charge in [0, 0.05) is 24.2 Å². The van der Waals surface area contributed by atoms with Gasteiger partial charge < -0.3 is 19.7 Å². The molecule has 1 fully saturated rings. The van der Waals surface area contributed by atoms with Crippen LogP contribution in [0.4, 0.5) is 0 Å². The highest BCUT2D eigenvalue weighted by molar-refractivity contribution is 6.31. The van der Waals surface area contributed by atoms with Gasteiger partial charge in [-0.1, -0.05) is 11.6 Å². The SMILES string of the molecule is OCC1(O)CCCN(Cc2cc3c(cc2Cl)OCO3)C1. The van der Waals surface area contributed by atoms with E-state index in [4.69, 9.17) is 21.1 Å². The van der Waals surface area contributed by atoms with Crippen molar-refractivity contribution in [3.8, 4) is 11.5 Å². The van der Waals surface area contributed by atoms with E-state index in [0.717, 1.165) is 18.5 Å². The first-order chi connectivity index (χ1) is 9.59. The summed E-state index contributed by atoms with van der Waals surface area (Å²) in [6.45, 7) is 1.97. The summed E-state index contributed by atoms with van der Waals surface area (Å²) in [5.41, 5.74) is -0.0563. The van der Waals surface area contributed by atoms with Crippen LogP contribution in [-0.4, -0.2) is 47.2 Å². The number of hydrogen-bond donors (Lipinski definition) is 2. The van der Waals surface area contributed by atoms with Gasteiger partial charge in [-0.25, -0.2) is 0 Å². The summed E-state index contributed by atoms with van der Waals surface area (Å²) in [4.78, 5) is 2.10. The summed E-state index contributed by atoms with van der Waals surface area (Å²) in [5.74, 6) is 1.38. The van der Waals surface area contributed by atoms with Crippen LogP contribution in [0.15, 0.2) is 12.1 Å². The molecule has 3 rings (SSSR count). The van der Waals surface area contributed by atoms with Crippen LogP contribution in [0, 0.1) is 0 Å². The number of nitrogens with zero attached hydrogens (tertiary/aromatic N) is 1. The van der Waals surface area contributed by atoms with Gasteiger partial charge in [0.15, 0.2) is 11.5 Å². The molecular weight excluding hydrogens is 282 g/mol. The second-order valence-corrected chi connectivity index (χ2v) is 5.90. The van der Waals surface area contributed by atoms with E-state index < -0.39 is 5.60 Å². The van der Waals surface area contributed by atoms with E-state index in [2.05, 4.69) is 4.90 Å². The van der Waals surface area contributed by atoms with E-state index in [9.17, 15) is 10.2 Å². The van der Waals surface area contributed by atoms with Crippen LogP contribution in [-0.2, 0) is 6.54 Å². The topological polar surface area (TPSA) is 62.2 Å². The number of β-amino-alcohol motifs (C(OH)–C–C–N with tert-alkyl or cyclic N) is 1. The van der Waals surface area contributed by atoms with Crippen LogP contribution in [0.5, 0.6) is 11.5 Å². The minimum atomic E-state index is -0.999. The average molecular weight is 300 g/mol. The first-order valence-corrected chi connectivity index (χ1v) is 7.11. The lowest BCUT2D eigenvalue weighted by molar-refractivity contribution is -0.0687. The summed E-state index contributed by atoms with van der Waals surface area (Å²) in [6, 6.07) is 3.65. The third-order valence-electron chi connectivity index (χ3n) is 3.86. The Hall–Kier alpha value is -1.01. The van der Waals surface area contributed by atoms with Gasteiger partial charge in [0.2, 0.25) is 6.79 Å². The Labute approximate surface area is 122 Å². The number of likely N-dealkylation sites (tertiary alicyclic amines) is 1. The van der Waals surface area contributed by atoms with Crippen molar-refractivity contribution in [2.45, 2.75) is 25.0 Å². The van der Waals surface area contributed by atoms with E-state index in [0.29, 0.717) is 36.0 Å². The van der Waals surface area contributed by atoms with Crippen LogP contribution in [0.1, 0.15) is 18.4 Å². The van der Waals surface area contributed by atoms with Crippen molar-refractivity contribution < 1.29 is 19.7 Å². The van der Waals surface area contributed by atoms with Crippen LogP contribution >= 0.6 is 11.6 Å². The number of piperidine rings is 1. The minimum absolute atomic E-state index is 0.210. The number of ether oxygens (including phenoxy) is 2. The molecule has 0 spiro atoms. The van der Waals surface area contributed by atoms with Crippen molar-refractivity contribution in [3.63, 3.8) is 0 Å². The van der Waals surface area contributed by atoms with Gasteiger partial charge >= 0.3 is 0 Å². The molecule has 2 heterocycles. The third-order valence-corrected chi connectivity index (χ3v) is 4.22. The summed E-state index contributed by atoms with van der Waals surface area (Å²) in [5, 5.41) is 20.1. The molecule has 1 saturated heterocycles. The highest BCUT2D eigenvalue weighted by atomic mass is 35.5. The van der Waals surface area contributed by atoms with Gasteiger partial charge in [-0.15, -0.1) is 0 Å². The van der Waals surface area contributed by atoms with Crippen molar-refractivity contribution in [1.82, 2.24) is 4.90 Å². The van der Waals surface area contributed by atoms with E-state index in [-0.39, 0.29) is 13.4 Å². The number of benzene rings is 1. The van der Waals surface area contributed by atoms with Gasteiger partial charge in [0.1, 0.15) is 5.60 Å². The molecule has 0 aromatic heterocycles. The summed E-state index contributed by atoms with van der Waals surface area (Å²) >= 11 is 6.26. The molecule has 1 aromatic carbocycles. The molecule has 2 aliphatic rings. The second-order valence-electron chi connectivity index (χ2n) is 5.49. The number of rotatable bonds is 3. The molecule has 0 aliphatic carbocycles. The molecule has 5 nitrogen and oxygen atoms in total. The molecule has 6 heteroatoms. The maximum atomic E-state index is 10.2. The Morgan fingerprint density at radius 1 is 1.30 bits per heavy atom. The smallest absolute Gasteiger partial charge is 0.231 e. The molecule has 110 valence electrons. The van der Waals surface area contributed by atoms with E-state index >= 15 is 0 Å². The van der Waals surface area contributed by atoms with Crippen LogP contribution in [0.25, 0.3) is 0 Å². The molecule has 1 unspecified atom stereocenters. The van der Waals surface area contributed by atoms with Gasteiger partial charge in [0.05, 0.1) is 6.61 Å². The molecule has 0 radical (unpaired) electrons. The van der Waals surface area contributed by atoms with Gasteiger partial charge in [-0.2, -0.15) is 0 Å². The first-order valence-electron chi connectivity index (χ1n) is 6.73. The normalized spacial score (nSPS) is 25.9. The fourth-order valence-electron chi connectivity index (χ4n) is 2.79. The summed E-state index contributed by atoms with van der Waals surface area (Å²) < 4.78 is 10.6. The largest absolute Gasteiger partial charge is 0.454 e. The van der Waals surface area contributed by atoms with Crippen LogP contribution < -0.4 is 9.47 Å². The minimum Gasteiger partial charge on any atom is -0.454 e. The predicted molar refractivity (Wildman–Crippen MR) is 74.1 cm³/mol. The summed E-state index contributed by atoms with van der Waals surface area (Å²) in [7, 11) is 0. The zero-order chi connectivity index (χ0) is 14.2. The van der Waals surface area contributed by atoms with Crippen molar-refractivity contribution >= 4 is 11.6 Å². The number of halogens is 1. The molecule has 1 aromatic rings. The van der Waals surface area contributed by atoms with E-state index in [1.165, 1.54) is 0 Å². The standard InChI is InChI=1S/C14H18ClNO4/c15-11-5-13-12(19-9-20-13)4-10(11)6-16-3-1-2-14(18,7-16)8-17/h4-5,17-18H,1-3,6-9H2. The Morgan fingerprint density at radius 2 is 2.05 bits per heavy atom. The van der Waals surface area contributed by atoms with Gasteiger partial charge in [-0.05, 0) is 31.0 Å². The van der Waals surface area contributed by atoms with Gasteiger partial charge in [0.25, 0.3) is 0 Å². The monoisotopic (exact) mass is 299 g/mol. The van der Waals surface area contributed by atoms with Crippen LogP contribution in [0.2, 0.25) is 5.02 Å². The average Bonchev–Trinajstić information content (AvgIpc) is 2.86. The van der Waals surface area contributed by atoms with E-state index in [1.807, 2.05) is 6.07 Å². The zero-order valence-corrected chi connectivity index (χ0v) is 11.9.